The summed E-state index contributed by atoms with van der Waals surface area (Å²) in [5, 5.41) is 7.37. The summed E-state index contributed by atoms with van der Waals surface area (Å²) in [6.07, 6.45) is -1.42. The van der Waals surface area contributed by atoms with Gasteiger partial charge >= 0.3 is 12.2 Å². The quantitative estimate of drug-likeness (QED) is 0.498. The van der Waals surface area contributed by atoms with Crippen LogP contribution in [-0.4, -0.2) is 33.9 Å². The van der Waals surface area contributed by atoms with Crippen molar-refractivity contribution in [2.24, 2.45) is 7.05 Å². The molecule has 2 aromatic carbocycles. The van der Waals surface area contributed by atoms with Gasteiger partial charge in [-0.2, -0.15) is 13.2 Å². The fourth-order valence-electron chi connectivity index (χ4n) is 3.87. The van der Waals surface area contributed by atoms with Crippen molar-refractivity contribution >= 4 is 17.8 Å². The Bertz CT molecular complexity index is 1280. The van der Waals surface area contributed by atoms with E-state index >= 15 is 0 Å². The van der Waals surface area contributed by atoms with Gasteiger partial charge in [0.1, 0.15) is 5.82 Å². The monoisotopic (exact) mass is 471 g/mol. The van der Waals surface area contributed by atoms with E-state index < -0.39 is 35.1 Å². The molecule has 34 heavy (non-hydrogen) atoms. The summed E-state index contributed by atoms with van der Waals surface area (Å²) in [6, 6.07) is 8.73. The second-order valence-corrected chi connectivity index (χ2v) is 7.98. The van der Waals surface area contributed by atoms with E-state index in [2.05, 4.69) is 20.9 Å². The third-order valence-electron chi connectivity index (χ3n) is 5.60. The summed E-state index contributed by atoms with van der Waals surface area (Å²) in [5.74, 6) is -1.01. The highest BCUT2D eigenvalue weighted by Gasteiger charge is 2.50. The molecule has 0 saturated carbocycles. The number of rotatable bonds is 5. The molecule has 0 aliphatic carbocycles. The molecule has 0 bridgehead atoms. The Morgan fingerprint density at radius 3 is 2.41 bits per heavy atom. The summed E-state index contributed by atoms with van der Waals surface area (Å²) < 4.78 is 40.4. The van der Waals surface area contributed by atoms with Crippen LogP contribution in [0, 0.1) is 6.92 Å². The Balaban J connectivity index is 1.65. The molecule has 8 nitrogen and oxygen atoms in total. The van der Waals surface area contributed by atoms with Crippen molar-refractivity contribution in [3.63, 3.8) is 0 Å². The minimum Gasteiger partial charge on any atom is -0.349 e. The van der Waals surface area contributed by atoms with Gasteiger partial charge in [0, 0.05) is 25.0 Å². The number of aryl methyl sites for hydroxylation is 2. The minimum absolute atomic E-state index is 0.199. The Morgan fingerprint density at radius 2 is 1.85 bits per heavy atom. The van der Waals surface area contributed by atoms with Gasteiger partial charge < -0.3 is 15.2 Å². The first-order valence-corrected chi connectivity index (χ1v) is 10.2. The van der Waals surface area contributed by atoms with E-state index in [9.17, 15) is 27.6 Å². The number of amides is 4. The average Bonchev–Trinajstić information content (AvgIpc) is 3.33. The highest BCUT2D eigenvalue weighted by molar-refractivity contribution is 6.08. The molecular weight excluding hydrogens is 451 g/mol. The second-order valence-electron chi connectivity index (χ2n) is 7.98. The van der Waals surface area contributed by atoms with Crippen LogP contribution >= 0.6 is 0 Å². The number of carbonyl (C=O) groups excluding carboxylic acids is 3. The van der Waals surface area contributed by atoms with Crippen LogP contribution in [0.1, 0.15) is 27.3 Å². The van der Waals surface area contributed by atoms with Crippen LogP contribution in [0.25, 0.3) is 11.1 Å². The molecule has 1 aliphatic rings. The van der Waals surface area contributed by atoms with E-state index in [-0.39, 0.29) is 17.9 Å². The smallest absolute Gasteiger partial charge is 0.349 e. The van der Waals surface area contributed by atoms with Crippen molar-refractivity contribution < 1.29 is 27.6 Å². The van der Waals surface area contributed by atoms with Gasteiger partial charge in [-0.3, -0.25) is 14.9 Å². The predicted molar refractivity (Wildman–Crippen MR) is 116 cm³/mol. The third kappa shape index (κ3) is 4.12. The average molecular weight is 471 g/mol. The number of urea groups is 1. The predicted octanol–water partition coefficient (Wildman–Crippen LogP) is 2.88. The summed E-state index contributed by atoms with van der Waals surface area (Å²) in [7, 11) is 1.65. The van der Waals surface area contributed by atoms with Crippen molar-refractivity contribution in [1.29, 1.82) is 0 Å². The zero-order valence-corrected chi connectivity index (χ0v) is 18.2. The molecule has 1 fully saturated rings. The second kappa shape index (κ2) is 8.32. The zero-order valence-electron chi connectivity index (χ0n) is 18.2. The van der Waals surface area contributed by atoms with E-state index in [4.69, 9.17) is 0 Å². The lowest BCUT2D eigenvalue weighted by molar-refractivity contribution is -0.137. The number of halogens is 3. The number of benzene rings is 2. The van der Waals surface area contributed by atoms with Crippen LogP contribution < -0.4 is 16.0 Å². The summed E-state index contributed by atoms with van der Waals surface area (Å²) in [5.41, 5.74) is -0.562. The summed E-state index contributed by atoms with van der Waals surface area (Å²) in [4.78, 5) is 41.9. The molecular formula is C23H20F3N5O3. The number of aromatic nitrogens is 2. The Hall–Kier alpha value is -4.15. The highest BCUT2D eigenvalue weighted by Crippen LogP contribution is 2.32. The molecule has 1 aromatic heterocycles. The molecule has 4 amide bonds. The van der Waals surface area contributed by atoms with Crippen LogP contribution in [0.2, 0.25) is 0 Å². The van der Waals surface area contributed by atoms with Gasteiger partial charge in [-0.15, -0.1) is 0 Å². The number of imidazole rings is 1. The molecule has 1 saturated heterocycles. The van der Waals surface area contributed by atoms with Gasteiger partial charge in [0.25, 0.3) is 11.8 Å². The Morgan fingerprint density at radius 1 is 1.15 bits per heavy atom. The van der Waals surface area contributed by atoms with E-state index in [0.29, 0.717) is 11.1 Å². The largest absolute Gasteiger partial charge is 0.416 e. The van der Waals surface area contributed by atoms with E-state index in [1.54, 1.807) is 42.9 Å². The SMILES string of the molecule is Cc1ccc(C(=O)NCC2(c3nccn3C)NC(=O)NC2=O)c(-c2ccc(C(F)(F)F)cc2)c1. The van der Waals surface area contributed by atoms with Crippen LogP contribution in [0.4, 0.5) is 18.0 Å². The molecule has 4 rings (SSSR count). The number of carbonyl (C=O) groups is 3. The number of nitrogens with zero attached hydrogens (tertiary/aromatic N) is 2. The molecule has 11 heteroatoms. The molecule has 2 heterocycles. The molecule has 0 radical (unpaired) electrons. The Kier molecular flexibility index (Phi) is 5.64. The fourth-order valence-corrected chi connectivity index (χ4v) is 3.87. The maximum absolute atomic E-state index is 13.2. The fraction of sp³-hybridized carbons (Fsp3) is 0.217. The normalized spacial score (nSPS) is 17.9. The van der Waals surface area contributed by atoms with Gasteiger partial charge in [0.15, 0.2) is 5.54 Å². The molecule has 3 aromatic rings. The van der Waals surface area contributed by atoms with E-state index in [0.717, 1.165) is 17.7 Å². The van der Waals surface area contributed by atoms with Gasteiger partial charge in [0.05, 0.1) is 12.1 Å². The van der Waals surface area contributed by atoms with Gasteiger partial charge in [-0.1, -0.05) is 29.8 Å². The number of alkyl halides is 3. The van der Waals surface area contributed by atoms with Gasteiger partial charge in [-0.05, 0) is 36.2 Å². The van der Waals surface area contributed by atoms with Crippen molar-refractivity contribution in [2.45, 2.75) is 18.6 Å². The number of nitrogens with one attached hydrogen (secondary N) is 3. The molecule has 0 spiro atoms. The van der Waals surface area contributed by atoms with Crippen molar-refractivity contribution in [3.05, 3.63) is 77.4 Å². The summed E-state index contributed by atoms with van der Waals surface area (Å²) >= 11 is 0. The lowest BCUT2D eigenvalue weighted by Gasteiger charge is -2.26. The van der Waals surface area contributed by atoms with E-state index in [1.165, 1.54) is 18.3 Å². The third-order valence-corrected chi connectivity index (χ3v) is 5.60. The summed E-state index contributed by atoms with van der Waals surface area (Å²) in [6.45, 7) is 1.50. The maximum atomic E-state index is 13.2. The van der Waals surface area contributed by atoms with Crippen molar-refractivity contribution in [2.75, 3.05) is 6.54 Å². The molecule has 176 valence electrons. The van der Waals surface area contributed by atoms with Gasteiger partial charge in [-0.25, -0.2) is 9.78 Å². The lowest BCUT2D eigenvalue weighted by atomic mass is 9.95. The Labute approximate surface area is 192 Å². The molecule has 1 aliphatic heterocycles. The van der Waals surface area contributed by atoms with E-state index in [1.807, 2.05) is 0 Å². The molecule has 1 unspecified atom stereocenters. The van der Waals surface area contributed by atoms with Crippen LogP contribution in [-0.2, 0) is 23.6 Å². The number of hydrogen-bond donors (Lipinski definition) is 3. The molecule has 1 atom stereocenters. The standard InChI is InChI=1S/C23H20F3N5O3/c1-13-3-8-16(17(11-13)14-4-6-15(7-5-14)23(24,25)26)18(32)28-12-22(19-27-9-10-31(19)2)20(33)29-21(34)30-22/h3-11H,12H2,1-2H3,(H,28,32)(H2,29,30,33,34). The van der Waals surface area contributed by atoms with Crippen molar-refractivity contribution in [1.82, 2.24) is 25.5 Å². The zero-order chi connectivity index (χ0) is 24.7. The first kappa shape index (κ1) is 23.0. The van der Waals surface area contributed by atoms with Crippen molar-refractivity contribution in [3.8, 4) is 11.1 Å². The number of imide groups is 1. The first-order chi connectivity index (χ1) is 16.0. The topological polar surface area (TPSA) is 105 Å². The molecule has 3 N–H and O–H groups in total. The van der Waals surface area contributed by atoms with Crippen LogP contribution in [0.5, 0.6) is 0 Å². The minimum atomic E-state index is -4.48. The maximum Gasteiger partial charge on any atom is 0.416 e. The van der Waals surface area contributed by atoms with Gasteiger partial charge in [0.2, 0.25) is 0 Å². The van der Waals surface area contributed by atoms with Crippen LogP contribution in [0.3, 0.4) is 0 Å². The first-order valence-electron chi connectivity index (χ1n) is 10.2. The highest BCUT2D eigenvalue weighted by atomic mass is 19.4. The lowest BCUT2D eigenvalue weighted by Crippen LogP contribution is -2.54. The van der Waals surface area contributed by atoms with Crippen LogP contribution in [0.15, 0.2) is 54.9 Å². The number of hydrogen-bond acceptors (Lipinski definition) is 4.